The van der Waals surface area contributed by atoms with E-state index in [1.165, 1.54) is 63.1 Å². The molecule has 2 aromatic carbocycles. The molecular formula is C54H90O6S. The molecule has 0 heterocycles. The summed E-state index contributed by atoms with van der Waals surface area (Å²) in [6, 6.07) is 8.40. The third-order valence-electron chi connectivity index (χ3n) is 11.6. The molecule has 0 bridgehead atoms. The van der Waals surface area contributed by atoms with Crippen molar-refractivity contribution in [1.82, 2.24) is 0 Å². The highest BCUT2D eigenvalue weighted by atomic mass is 32.2. The Morgan fingerprint density at radius 1 is 0.525 bits per heavy atom. The van der Waals surface area contributed by atoms with Gasteiger partial charge in [0.15, 0.2) is 0 Å². The van der Waals surface area contributed by atoms with Gasteiger partial charge in [0.25, 0.3) is 0 Å². The average molecular weight is 867 g/mol. The van der Waals surface area contributed by atoms with E-state index in [1.807, 2.05) is 0 Å². The smallest absolute Gasteiger partial charge is 0.319 e. The molecule has 1 atom stereocenters. The molecule has 0 saturated carbocycles. The fraction of sp³-hybridized carbons (Fsp3) is 0.741. The van der Waals surface area contributed by atoms with Crippen molar-refractivity contribution in [2.24, 2.45) is 10.8 Å². The van der Waals surface area contributed by atoms with Crippen molar-refractivity contribution in [1.29, 1.82) is 0 Å². The van der Waals surface area contributed by atoms with Crippen LogP contribution in [-0.4, -0.2) is 46.4 Å². The Morgan fingerprint density at radius 3 is 1.20 bits per heavy atom. The summed E-state index contributed by atoms with van der Waals surface area (Å²) in [6.07, 6.45) is 13.7. The second-order valence-electron chi connectivity index (χ2n) is 23.8. The number of phenols is 2. The standard InChI is InChI=1S/C54H90O6S/c1-18-19-20-21-22-23-24-25-26-27-28-61-44(48(58)60-37-54(16,17)35-39-31-42(51(8,9)10)47(57)43(32-39)52(11,12)13)33-45(55)59-36-53(14,15)34-38-29-40(49(2,3)4)46(56)41(30-38)50(5,6)7/h29-32,44,56-57H,18-28,33-37H2,1-17H3. The summed E-state index contributed by atoms with van der Waals surface area (Å²) in [5.74, 6) is 0.732. The van der Waals surface area contributed by atoms with E-state index in [9.17, 15) is 19.8 Å². The second kappa shape index (κ2) is 22.8. The van der Waals surface area contributed by atoms with Gasteiger partial charge in [-0.05, 0) is 80.1 Å². The predicted octanol–water partition coefficient (Wildman–Crippen LogP) is 14.6. The van der Waals surface area contributed by atoms with Crippen molar-refractivity contribution >= 4 is 23.7 Å². The zero-order valence-electron chi connectivity index (χ0n) is 42.1. The first-order valence-electron chi connectivity index (χ1n) is 23.6. The Balaban J connectivity index is 2.19. The second-order valence-corrected chi connectivity index (χ2v) is 25.1. The van der Waals surface area contributed by atoms with Gasteiger partial charge in [0.1, 0.15) is 16.7 Å². The van der Waals surface area contributed by atoms with Crippen molar-refractivity contribution in [2.75, 3.05) is 19.0 Å². The van der Waals surface area contributed by atoms with Crippen molar-refractivity contribution in [3.8, 4) is 11.5 Å². The number of hydrogen-bond acceptors (Lipinski definition) is 7. The van der Waals surface area contributed by atoms with E-state index in [1.54, 1.807) is 0 Å². The summed E-state index contributed by atoms with van der Waals surface area (Å²) >= 11 is 1.52. The van der Waals surface area contributed by atoms with Crippen molar-refractivity contribution in [3.63, 3.8) is 0 Å². The number of benzene rings is 2. The van der Waals surface area contributed by atoms with Gasteiger partial charge in [-0.3, -0.25) is 9.59 Å². The molecule has 0 aromatic heterocycles. The van der Waals surface area contributed by atoms with E-state index in [4.69, 9.17) is 9.47 Å². The first kappa shape index (κ1) is 54.5. The predicted molar refractivity (Wildman–Crippen MR) is 261 cm³/mol. The molecule has 6 nitrogen and oxygen atoms in total. The Kier molecular flexibility index (Phi) is 20.4. The van der Waals surface area contributed by atoms with Crippen LogP contribution in [0.4, 0.5) is 0 Å². The third kappa shape index (κ3) is 18.9. The number of unbranched alkanes of at least 4 members (excludes halogenated alkanes) is 9. The Morgan fingerprint density at radius 2 is 0.852 bits per heavy atom. The van der Waals surface area contributed by atoms with E-state index in [0.717, 1.165) is 52.0 Å². The first-order valence-corrected chi connectivity index (χ1v) is 24.6. The van der Waals surface area contributed by atoms with Crippen molar-refractivity contribution in [2.45, 2.75) is 228 Å². The maximum atomic E-state index is 13.9. The molecule has 0 saturated heterocycles. The molecule has 0 radical (unpaired) electrons. The number of rotatable bonds is 23. The molecule has 2 N–H and O–H groups in total. The fourth-order valence-electron chi connectivity index (χ4n) is 7.96. The van der Waals surface area contributed by atoms with E-state index in [2.05, 4.69) is 142 Å². The number of carbonyl (C=O) groups excluding carboxylic acids is 2. The van der Waals surface area contributed by atoms with Gasteiger partial charge < -0.3 is 19.7 Å². The number of carbonyl (C=O) groups is 2. The lowest BCUT2D eigenvalue weighted by Crippen LogP contribution is -2.31. The molecular weight excluding hydrogens is 777 g/mol. The molecule has 0 aliphatic carbocycles. The summed E-state index contributed by atoms with van der Waals surface area (Å²) in [7, 11) is 0. The van der Waals surface area contributed by atoms with E-state index in [0.29, 0.717) is 24.3 Å². The van der Waals surface area contributed by atoms with E-state index < -0.39 is 11.2 Å². The van der Waals surface area contributed by atoms with Crippen LogP contribution in [0.1, 0.15) is 222 Å². The zero-order valence-corrected chi connectivity index (χ0v) is 43.0. The van der Waals surface area contributed by atoms with Crippen LogP contribution in [0.15, 0.2) is 24.3 Å². The molecule has 0 fully saturated rings. The van der Waals surface area contributed by atoms with Crippen LogP contribution in [0, 0.1) is 10.8 Å². The minimum atomic E-state index is -0.653. The summed E-state index contributed by atoms with van der Waals surface area (Å²) < 4.78 is 12.1. The van der Waals surface area contributed by atoms with Gasteiger partial charge in [-0.1, -0.05) is 200 Å². The lowest BCUT2D eigenvalue weighted by atomic mass is 9.76. The van der Waals surface area contributed by atoms with Crippen LogP contribution in [0.5, 0.6) is 11.5 Å². The molecule has 0 amide bonds. The average Bonchev–Trinajstić information content (AvgIpc) is 3.10. The maximum absolute atomic E-state index is 13.9. The van der Waals surface area contributed by atoms with Crippen LogP contribution in [0.3, 0.4) is 0 Å². The van der Waals surface area contributed by atoms with Crippen LogP contribution >= 0.6 is 11.8 Å². The van der Waals surface area contributed by atoms with Gasteiger partial charge in [0.05, 0.1) is 19.6 Å². The Hall–Kier alpha value is -2.67. The number of phenolic OH excluding ortho intramolecular Hbond substituents is 2. The molecule has 0 spiro atoms. The summed E-state index contributed by atoms with van der Waals surface area (Å²) in [5.41, 5.74) is 4.14. The lowest BCUT2D eigenvalue weighted by Gasteiger charge is -2.31. The van der Waals surface area contributed by atoms with Crippen LogP contribution in [-0.2, 0) is 53.6 Å². The molecule has 0 aliphatic rings. The van der Waals surface area contributed by atoms with Gasteiger partial charge in [-0.25, -0.2) is 0 Å². The largest absolute Gasteiger partial charge is 0.507 e. The minimum Gasteiger partial charge on any atom is -0.507 e. The number of hydrogen-bond donors (Lipinski definition) is 2. The van der Waals surface area contributed by atoms with Gasteiger partial charge in [0.2, 0.25) is 0 Å². The quantitative estimate of drug-likeness (QED) is 0.0849. The Bertz CT molecular complexity index is 1620. The van der Waals surface area contributed by atoms with Gasteiger partial charge in [-0.15, -0.1) is 11.8 Å². The highest BCUT2D eigenvalue weighted by molar-refractivity contribution is 8.00. The molecule has 7 heteroatoms. The van der Waals surface area contributed by atoms with E-state index >= 15 is 0 Å². The maximum Gasteiger partial charge on any atom is 0.319 e. The summed E-state index contributed by atoms with van der Waals surface area (Å²) in [5, 5.41) is 21.9. The summed E-state index contributed by atoms with van der Waals surface area (Å²) in [6.45, 7) is 36.4. The number of thioether (sulfide) groups is 1. The SMILES string of the molecule is CCCCCCCCCCCCSC(CC(=O)OCC(C)(C)Cc1cc(C(C)(C)C)c(O)c(C(C)(C)C)c1)C(=O)OCC(C)(C)Cc1cc(C(C)(C)C)c(O)c(C(C)(C)C)c1. The fourth-order valence-corrected chi connectivity index (χ4v) is 9.07. The van der Waals surface area contributed by atoms with Gasteiger partial charge in [-0.2, -0.15) is 0 Å². The van der Waals surface area contributed by atoms with E-state index in [-0.39, 0.29) is 58.1 Å². The summed E-state index contributed by atoms with van der Waals surface area (Å²) in [4.78, 5) is 27.5. The zero-order chi connectivity index (χ0) is 46.6. The van der Waals surface area contributed by atoms with Crippen LogP contribution in [0.25, 0.3) is 0 Å². The molecule has 348 valence electrons. The molecule has 2 rings (SSSR count). The number of esters is 2. The van der Waals surface area contributed by atoms with Crippen LogP contribution < -0.4 is 0 Å². The number of aromatic hydroxyl groups is 2. The molecule has 0 aliphatic heterocycles. The molecule has 1 unspecified atom stereocenters. The monoisotopic (exact) mass is 867 g/mol. The third-order valence-corrected chi connectivity index (χ3v) is 12.9. The normalized spacial score (nSPS) is 13.7. The van der Waals surface area contributed by atoms with Gasteiger partial charge in [0, 0.05) is 10.8 Å². The van der Waals surface area contributed by atoms with Gasteiger partial charge >= 0.3 is 11.9 Å². The van der Waals surface area contributed by atoms with Crippen molar-refractivity contribution in [3.05, 3.63) is 57.6 Å². The van der Waals surface area contributed by atoms with Crippen molar-refractivity contribution < 1.29 is 29.3 Å². The highest BCUT2D eigenvalue weighted by Gasteiger charge is 2.33. The molecule has 61 heavy (non-hydrogen) atoms. The topological polar surface area (TPSA) is 93.1 Å². The first-order chi connectivity index (χ1) is 27.9. The minimum absolute atomic E-state index is 0.0405. The highest BCUT2D eigenvalue weighted by Crippen LogP contribution is 2.42. The molecule has 2 aromatic rings. The number of ether oxygens (including phenoxy) is 2. The van der Waals surface area contributed by atoms with Crippen LogP contribution in [0.2, 0.25) is 0 Å². The Labute approximate surface area is 378 Å². The lowest BCUT2D eigenvalue weighted by molar-refractivity contribution is -0.152.